The fraction of sp³-hybridized carbons (Fsp3) is 0.348. The minimum atomic E-state index is -0.568. The standard InChI is InChI=1S/C23H27NO6/c1-16-4-6-18(7-5-16)8-11-22(26)24-12-13-29-23(27)15-30-20-10-9-19(17(2)25)14-21(20)28-3/h4-7,9-10,14H,8,11-13,15H2,1-3H3,(H,24,26). The number of ketones is 1. The van der Waals surface area contributed by atoms with Crippen LogP contribution in [0.3, 0.4) is 0 Å². The molecule has 0 aliphatic heterocycles. The number of ether oxygens (including phenoxy) is 3. The number of hydrogen-bond acceptors (Lipinski definition) is 6. The molecule has 7 nitrogen and oxygen atoms in total. The molecule has 1 amide bonds. The van der Waals surface area contributed by atoms with E-state index in [0.29, 0.717) is 29.9 Å². The molecule has 0 radical (unpaired) electrons. The summed E-state index contributed by atoms with van der Waals surface area (Å²) >= 11 is 0. The Morgan fingerprint density at radius 3 is 2.40 bits per heavy atom. The van der Waals surface area contributed by atoms with Crippen molar-refractivity contribution in [1.29, 1.82) is 0 Å². The van der Waals surface area contributed by atoms with E-state index in [9.17, 15) is 14.4 Å². The van der Waals surface area contributed by atoms with Crippen LogP contribution in [0.4, 0.5) is 0 Å². The Kier molecular flexibility index (Phi) is 8.87. The maximum atomic E-state index is 11.9. The van der Waals surface area contributed by atoms with Gasteiger partial charge in [-0.25, -0.2) is 4.79 Å². The lowest BCUT2D eigenvalue weighted by atomic mass is 10.1. The van der Waals surface area contributed by atoms with Crippen molar-refractivity contribution in [3.63, 3.8) is 0 Å². The Bertz CT molecular complexity index is 876. The number of nitrogens with one attached hydrogen (secondary N) is 1. The second-order valence-electron chi connectivity index (χ2n) is 6.77. The highest BCUT2D eigenvalue weighted by Crippen LogP contribution is 2.28. The molecule has 0 fully saturated rings. The number of hydrogen-bond donors (Lipinski definition) is 1. The van der Waals surface area contributed by atoms with Gasteiger partial charge in [0.05, 0.1) is 13.7 Å². The molecule has 2 aromatic rings. The minimum Gasteiger partial charge on any atom is -0.493 e. The fourth-order valence-corrected chi connectivity index (χ4v) is 2.64. The second kappa shape index (κ2) is 11.6. The van der Waals surface area contributed by atoms with Crippen LogP contribution in [-0.4, -0.2) is 44.5 Å². The van der Waals surface area contributed by atoms with Gasteiger partial charge >= 0.3 is 5.97 Å². The molecule has 0 aromatic heterocycles. The maximum Gasteiger partial charge on any atom is 0.344 e. The molecule has 160 valence electrons. The Morgan fingerprint density at radius 1 is 1.00 bits per heavy atom. The van der Waals surface area contributed by atoms with E-state index in [4.69, 9.17) is 14.2 Å². The summed E-state index contributed by atoms with van der Waals surface area (Å²) in [5.41, 5.74) is 2.77. The molecule has 0 saturated carbocycles. The van der Waals surface area contributed by atoms with Crippen LogP contribution in [0.25, 0.3) is 0 Å². The Labute approximate surface area is 176 Å². The van der Waals surface area contributed by atoms with Crippen LogP contribution in [0.2, 0.25) is 0 Å². The molecular weight excluding hydrogens is 386 g/mol. The lowest BCUT2D eigenvalue weighted by Gasteiger charge is -2.11. The van der Waals surface area contributed by atoms with Crippen molar-refractivity contribution in [3.8, 4) is 11.5 Å². The van der Waals surface area contributed by atoms with Gasteiger partial charge in [-0.05, 0) is 44.0 Å². The summed E-state index contributed by atoms with van der Waals surface area (Å²) in [6, 6.07) is 12.8. The highest BCUT2D eigenvalue weighted by molar-refractivity contribution is 5.94. The van der Waals surface area contributed by atoms with Crippen LogP contribution in [-0.2, 0) is 20.7 Å². The van der Waals surface area contributed by atoms with Gasteiger partial charge in [0.2, 0.25) is 5.91 Å². The minimum absolute atomic E-state index is 0.0544. The predicted octanol–water partition coefficient (Wildman–Crippen LogP) is 2.88. The first kappa shape index (κ1) is 22.9. The summed E-state index contributed by atoms with van der Waals surface area (Å²) < 4.78 is 15.6. The van der Waals surface area contributed by atoms with Crippen LogP contribution in [0.5, 0.6) is 11.5 Å². The molecule has 0 atom stereocenters. The summed E-state index contributed by atoms with van der Waals surface area (Å²) in [6.07, 6.45) is 1.03. The molecule has 2 rings (SSSR count). The van der Waals surface area contributed by atoms with E-state index < -0.39 is 5.97 Å². The summed E-state index contributed by atoms with van der Waals surface area (Å²) in [4.78, 5) is 35.1. The van der Waals surface area contributed by atoms with Crippen molar-refractivity contribution >= 4 is 17.7 Å². The molecule has 7 heteroatoms. The summed E-state index contributed by atoms with van der Waals surface area (Å²) in [6.45, 7) is 3.45. The molecular formula is C23H27NO6. The Morgan fingerprint density at radius 2 is 1.73 bits per heavy atom. The van der Waals surface area contributed by atoms with E-state index in [0.717, 1.165) is 5.56 Å². The average molecular weight is 413 g/mol. The molecule has 0 aliphatic rings. The van der Waals surface area contributed by atoms with Crippen LogP contribution >= 0.6 is 0 Å². The molecule has 0 saturated heterocycles. The van der Waals surface area contributed by atoms with Crippen LogP contribution < -0.4 is 14.8 Å². The number of carbonyl (C=O) groups is 3. The van der Waals surface area contributed by atoms with E-state index >= 15 is 0 Å². The second-order valence-corrected chi connectivity index (χ2v) is 6.77. The molecule has 1 N–H and O–H groups in total. The van der Waals surface area contributed by atoms with E-state index in [2.05, 4.69) is 5.32 Å². The van der Waals surface area contributed by atoms with Crippen molar-refractivity contribution in [2.45, 2.75) is 26.7 Å². The van der Waals surface area contributed by atoms with E-state index in [1.165, 1.54) is 19.6 Å². The van der Waals surface area contributed by atoms with Crippen molar-refractivity contribution in [1.82, 2.24) is 5.32 Å². The van der Waals surface area contributed by atoms with E-state index in [1.54, 1.807) is 18.2 Å². The Balaban J connectivity index is 1.64. The number of amides is 1. The fourth-order valence-electron chi connectivity index (χ4n) is 2.64. The van der Waals surface area contributed by atoms with Crippen molar-refractivity contribution in [2.75, 3.05) is 26.9 Å². The van der Waals surface area contributed by atoms with Gasteiger partial charge < -0.3 is 19.5 Å². The zero-order valence-electron chi connectivity index (χ0n) is 17.5. The molecule has 0 unspecified atom stereocenters. The lowest BCUT2D eigenvalue weighted by molar-refractivity contribution is -0.146. The summed E-state index contributed by atoms with van der Waals surface area (Å²) in [5, 5.41) is 2.72. The normalized spacial score (nSPS) is 10.2. The molecule has 0 spiro atoms. The number of rotatable bonds is 11. The van der Waals surface area contributed by atoms with Gasteiger partial charge in [-0.15, -0.1) is 0 Å². The van der Waals surface area contributed by atoms with Crippen LogP contribution in [0.1, 0.15) is 34.8 Å². The lowest BCUT2D eigenvalue weighted by Crippen LogP contribution is -2.29. The van der Waals surface area contributed by atoms with Gasteiger partial charge in [-0.1, -0.05) is 29.8 Å². The van der Waals surface area contributed by atoms with Gasteiger partial charge in [0.25, 0.3) is 0 Å². The van der Waals surface area contributed by atoms with Gasteiger partial charge in [-0.2, -0.15) is 0 Å². The first-order chi connectivity index (χ1) is 14.4. The third-order valence-electron chi connectivity index (χ3n) is 4.36. The third kappa shape index (κ3) is 7.58. The Hall–Kier alpha value is -3.35. The van der Waals surface area contributed by atoms with Gasteiger partial charge in [0.15, 0.2) is 23.9 Å². The number of methoxy groups -OCH3 is 1. The smallest absolute Gasteiger partial charge is 0.344 e. The van der Waals surface area contributed by atoms with E-state index in [1.807, 2.05) is 31.2 Å². The first-order valence-electron chi connectivity index (χ1n) is 9.68. The topological polar surface area (TPSA) is 90.9 Å². The first-order valence-corrected chi connectivity index (χ1v) is 9.68. The largest absolute Gasteiger partial charge is 0.493 e. The van der Waals surface area contributed by atoms with Crippen molar-refractivity contribution in [2.24, 2.45) is 0 Å². The highest BCUT2D eigenvalue weighted by Gasteiger charge is 2.11. The van der Waals surface area contributed by atoms with Crippen LogP contribution in [0, 0.1) is 6.92 Å². The zero-order valence-corrected chi connectivity index (χ0v) is 17.5. The average Bonchev–Trinajstić information content (AvgIpc) is 2.74. The molecule has 0 aliphatic carbocycles. The molecule has 0 bridgehead atoms. The molecule has 0 heterocycles. The monoisotopic (exact) mass is 413 g/mol. The van der Waals surface area contributed by atoms with Gasteiger partial charge in [0.1, 0.15) is 6.61 Å². The van der Waals surface area contributed by atoms with E-state index in [-0.39, 0.29) is 31.4 Å². The van der Waals surface area contributed by atoms with Gasteiger partial charge in [-0.3, -0.25) is 9.59 Å². The molecule has 2 aromatic carbocycles. The summed E-state index contributed by atoms with van der Waals surface area (Å²) in [7, 11) is 1.45. The predicted molar refractivity (Wildman–Crippen MR) is 112 cm³/mol. The van der Waals surface area contributed by atoms with Gasteiger partial charge in [0, 0.05) is 12.0 Å². The SMILES string of the molecule is COc1cc(C(C)=O)ccc1OCC(=O)OCCNC(=O)CCc1ccc(C)cc1. The number of Topliss-reactive ketones (excluding diaryl/α,β-unsaturated/α-hetero) is 1. The quantitative estimate of drug-likeness (QED) is 0.346. The molecule has 30 heavy (non-hydrogen) atoms. The van der Waals surface area contributed by atoms with Crippen LogP contribution in [0.15, 0.2) is 42.5 Å². The third-order valence-corrected chi connectivity index (χ3v) is 4.36. The van der Waals surface area contributed by atoms with Crippen molar-refractivity contribution in [3.05, 3.63) is 59.2 Å². The van der Waals surface area contributed by atoms with Crippen molar-refractivity contribution < 1.29 is 28.6 Å². The highest BCUT2D eigenvalue weighted by atomic mass is 16.6. The number of esters is 1. The maximum absolute atomic E-state index is 11.9. The number of carbonyl (C=O) groups excluding carboxylic acids is 3. The number of aryl methyl sites for hydroxylation is 2. The summed E-state index contributed by atoms with van der Waals surface area (Å²) in [5.74, 6) is -0.0693. The number of benzene rings is 2. The zero-order chi connectivity index (χ0) is 21.9.